The van der Waals surface area contributed by atoms with Gasteiger partial charge in [0.05, 0.1) is 28.6 Å². The van der Waals surface area contributed by atoms with Crippen LogP contribution in [0.3, 0.4) is 0 Å². The Labute approximate surface area is 203 Å². The average Bonchev–Trinajstić information content (AvgIpc) is 3.32. The van der Waals surface area contributed by atoms with E-state index in [1.165, 1.54) is 24.2 Å². The number of anilines is 1. The summed E-state index contributed by atoms with van der Waals surface area (Å²) in [7, 11) is 0. The topological polar surface area (TPSA) is 91.0 Å². The third-order valence-electron chi connectivity index (χ3n) is 6.88. The van der Waals surface area contributed by atoms with Crippen LogP contribution in [0, 0.1) is 11.3 Å². The minimum atomic E-state index is -0.153. The Morgan fingerprint density at radius 2 is 1.85 bits per heavy atom. The molecular weight excluding hydrogens is 446 g/mol. The van der Waals surface area contributed by atoms with Crippen molar-refractivity contribution in [3.05, 3.63) is 56.7 Å². The van der Waals surface area contributed by atoms with E-state index in [0.717, 1.165) is 57.2 Å². The van der Waals surface area contributed by atoms with Gasteiger partial charge in [-0.05, 0) is 49.8 Å². The molecule has 0 radical (unpaired) electrons. The number of fused-ring (bicyclic) bond motifs is 1. The zero-order chi connectivity index (χ0) is 23.5. The highest BCUT2D eigenvalue weighted by Gasteiger charge is 2.24. The average molecular weight is 476 g/mol. The highest BCUT2D eigenvalue weighted by molar-refractivity contribution is 7.20. The molecule has 2 fully saturated rings. The van der Waals surface area contributed by atoms with Crippen LogP contribution >= 0.6 is 11.3 Å². The summed E-state index contributed by atoms with van der Waals surface area (Å²) in [4.78, 5) is 34.3. The SMILES string of the molecule is N#Cc1ccccc1Cn1c(N2CCCCC2)nc2cc(C(=O)NC3CCCCC3)sc2c1=O. The first-order valence-corrected chi connectivity index (χ1v) is 13.0. The van der Waals surface area contributed by atoms with Crippen molar-refractivity contribution in [3.63, 3.8) is 0 Å². The Hall–Kier alpha value is -3.18. The molecule has 2 aromatic heterocycles. The molecule has 0 unspecified atom stereocenters. The Balaban J connectivity index is 1.55. The number of amides is 1. The van der Waals surface area contributed by atoms with Crippen LogP contribution in [0.1, 0.15) is 72.2 Å². The standard InChI is InChI=1S/C26H29N5O2S/c27-16-18-9-5-6-10-19(18)17-31-25(33)23-21(29-26(31)30-13-7-2-8-14-30)15-22(34-23)24(32)28-20-11-3-1-4-12-20/h5-6,9-10,15,20H,1-4,7-8,11-14,17H2,(H,28,32). The highest BCUT2D eigenvalue weighted by Crippen LogP contribution is 2.27. The quantitative estimate of drug-likeness (QED) is 0.589. The van der Waals surface area contributed by atoms with Crippen LogP contribution in [-0.2, 0) is 6.54 Å². The van der Waals surface area contributed by atoms with E-state index in [1.54, 1.807) is 16.7 Å². The van der Waals surface area contributed by atoms with Crippen molar-refractivity contribution >= 4 is 33.4 Å². The fraction of sp³-hybridized carbons (Fsp3) is 0.462. The molecule has 176 valence electrons. The van der Waals surface area contributed by atoms with Gasteiger partial charge in [-0.3, -0.25) is 14.2 Å². The number of nitriles is 1. The van der Waals surface area contributed by atoms with E-state index in [2.05, 4.69) is 16.3 Å². The zero-order valence-electron chi connectivity index (χ0n) is 19.3. The minimum Gasteiger partial charge on any atom is -0.349 e. The van der Waals surface area contributed by atoms with E-state index in [9.17, 15) is 14.9 Å². The summed E-state index contributed by atoms with van der Waals surface area (Å²) < 4.78 is 2.17. The predicted octanol–water partition coefficient (Wildman–Crippen LogP) is 4.43. The summed E-state index contributed by atoms with van der Waals surface area (Å²) in [5.41, 5.74) is 1.77. The molecule has 1 saturated carbocycles. The molecule has 1 amide bonds. The van der Waals surface area contributed by atoms with E-state index < -0.39 is 0 Å². The van der Waals surface area contributed by atoms with Gasteiger partial charge in [-0.1, -0.05) is 37.5 Å². The Kier molecular flexibility index (Phi) is 6.63. The molecule has 1 aliphatic heterocycles. The summed E-state index contributed by atoms with van der Waals surface area (Å²) >= 11 is 1.22. The Morgan fingerprint density at radius 3 is 2.62 bits per heavy atom. The van der Waals surface area contributed by atoms with Crippen LogP contribution in [0.4, 0.5) is 5.95 Å². The lowest BCUT2D eigenvalue weighted by Crippen LogP contribution is -2.36. The second kappa shape index (κ2) is 9.98. The molecule has 3 aromatic rings. The van der Waals surface area contributed by atoms with Gasteiger partial charge >= 0.3 is 0 Å². The number of carbonyl (C=O) groups excluding carboxylic acids is 1. The zero-order valence-corrected chi connectivity index (χ0v) is 20.1. The molecule has 34 heavy (non-hydrogen) atoms. The van der Waals surface area contributed by atoms with Gasteiger partial charge in [-0.15, -0.1) is 11.3 Å². The minimum absolute atomic E-state index is 0.116. The number of carbonyl (C=O) groups is 1. The van der Waals surface area contributed by atoms with Crippen LogP contribution in [0.5, 0.6) is 0 Å². The van der Waals surface area contributed by atoms with Crippen LogP contribution in [-0.4, -0.2) is 34.6 Å². The van der Waals surface area contributed by atoms with E-state index >= 15 is 0 Å². The van der Waals surface area contributed by atoms with E-state index in [1.807, 2.05) is 18.2 Å². The fourth-order valence-electron chi connectivity index (χ4n) is 5.03. The van der Waals surface area contributed by atoms with E-state index in [-0.39, 0.29) is 24.1 Å². The summed E-state index contributed by atoms with van der Waals surface area (Å²) in [6.45, 7) is 1.97. The maximum absolute atomic E-state index is 13.7. The smallest absolute Gasteiger partial charge is 0.273 e. The van der Waals surface area contributed by atoms with Gasteiger partial charge in [0.2, 0.25) is 5.95 Å². The van der Waals surface area contributed by atoms with Gasteiger partial charge in [0.1, 0.15) is 4.70 Å². The van der Waals surface area contributed by atoms with Crippen LogP contribution in [0.15, 0.2) is 35.1 Å². The highest BCUT2D eigenvalue weighted by atomic mass is 32.1. The van der Waals surface area contributed by atoms with Crippen molar-refractivity contribution in [2.45, 2.75) is 64.0 Å². The van der Waals surface area contributed by atoms with Crippen molar-refractivity contribution < 1.29 is 4.79 Å². The van der Waals surface area contributed by atoms with Crippen molar-refractivity contribution in [2.24, 2.45) is 0 Å². The summed E-state index contributed by atoms with van der Waals surface area (Å²) in [6.07, 6.45) is 8.83. The molecule has 7 nitrogen and oxygen atoms in total. The van der Waals surface area contributed by atoms with Crippen LogP contribution in [0.2, 0.25) is 0 Å². The molecule has 8 heteroatoms. The number of nitrogens with zero attached hydrogens (tertiary/aromatic N) is 4. The molecule has 1 aromatic carbocycles. The maximum Gasteiger partial charge on any atom is 0.273 e. The Morgan fingerprint density at radius 1 is 1.12 bits per heavy atom. The van der Waals surface area contributed by atoms with Crippen molar-refractivity contribution in [1.29, 1.82) is 5.26 Å². The van der Waals surface area contributed by atoms with E-state index in [0.29, 0.717) is 26.6 Å². The van der Waals surface area contributed by atoms with Crippen LogP contribution in [0.25, 0.3) is 10.2 Å². The first-order chi connectivity index (χ1) is 16.6. The molecule has 3 heterocycles. The van der Waals surface area contributed by atoms with Gasteiger partial charge in [0.25, 0.3) is 11.5 Å². The molecule has 1 N–H and O–H groups in total. The van der Waals surface area contributed by atoms with Gasteiger partial charge < -0.3 is 10.2 Å². The molecule has 1 saturated heterocycles. The number of piperidine rings is 1. The summed E-state index contributed by atoms with van der Waals surface area (Å²) in [5, 5.41) is 12.7. The lowest BCUT2D eigenvalue weighted by molar-refractivity contribution is 0.0932. The summed E-state index contributed by atoms with van der Waals surface area (Å²) in [5.74, 6) is 0.511. The number of rotatable bonds is 5. The van der Waals surface area contributed by atoms with Crippen molar-refractivity contribution in [3.8, 4) is 6.07 Å². The largest absolute Gasteiger partial charge is 0.349 e. The first kappa shape index (κ1) is 22.6. The predicted molar refractivity (Wildman–Crippen MR) is 135 cm³/mol. The first-order valence-electron chi connectivity index (χ1n) is 12.2. The molecule has 0 atom stereocenters. The molecule has 0 spiro atoms. The number of aromatic nitrogens is 2. The number of hydrogen-bond acceptors (Lipinski definition) is 6. The summed E-state index contributed by atoms with van der Waals surface area (Å²) in [6, 6.07) is 11.6. The lowest BCUT2D eigenvalue weighted by atomic mass is 9.95. The third kappa shape index (κ3) is 4.58. The second-order valence-corrected chi connectivity index (χ2v) is 10.3. The van der Waals surface area contributed by atoms with Crippen molar-refractivity contribution in [1.82, 2.24) is 14.9 Å². The monoisotopic (exact) mass is 475 g/mol. The number of thiophene rings is 1. The lowest BCUT2D eigenvalue weighted by Gasteiger charge is -2.29. The molecular formula is C26H29N5O2S. The fourth-order valence-corrected chi connectivity index (χ4v) is 5.98. The van der Waals surface area contributed by atoms with Gasteiger partial charge in [0, 0.05) is 19.1 Å². The van der Waals surface area contributed by atoms with Gasteiger partial charge in [-0.2, -0.15) is 5.26 Å². The Bertz CT molecular complexity index is 1290. The molecule has 1 aliphatic carbocycles. The normalized spacial score (nSPS) is 17.0. The number of nitrogens with one attached hydrogen (secondary N) is 1. The number of benzene rings is 1. The van der Waals surface area contributed by atoms with Gasteiger partial charge in [0.15, 0.2) is 0 Å². The second-order valence-electron chi connectivity index (χ2n) is 9.25. The number of hydrogen-bond donors (Lipinski definition) is 1. The van der Waals surface area contributed by atoms with Gasteiger partial charge in [-0.25, -0.2) is 4.98 Å². The van der Waals surface area contributed by atoms with Crippen LogP contribution < -0.4 is 15.8 Å². The molecule has 2 aliphatic rings. The molecule has 5 rings (SSSR count). The maximum atomic E-state index is 13.7. The third-order valence-corrected chi connectivity index (χ3v) is 7.99. The molecule has 0 bridgehead atoms. The van der Waals surface area contributed by atoms with Crippen molar-refractivity contribution in [2.75, 3.05) is 18.0 Å². The van der Waals surface area contributed by atoms with E-state index in [4.69, 9.17) is 4.98 Å².